The molecule has 0 radical (unpaired) electrons. The Balaban J connectivity index is 1.75. The number of hydrogen-bond donors (Lipinski definition) is 1. The molecule has 0 saturated carbocycles. The van der Waals surface area contributed by atoms with Crippen LogP contribution in [0, 0.1) is 6.92 Å². The molecule has 25 heavy (non-hydrogen) atoms. The number of aromatic nitrogens is 3. The highest BCUT2D eigenvalue weighted by atomic mass is 16.5. The summed E-state index contributed by atoms with van der Waals surface area (Å²) in [6.45, 7) is 5.17. The zero-order valence-electron chi connectivity index (χ0n) is 15.4. The molecule has 1 atom stereocenters. The van der Waals surface area contributed by atoms with Crippen molar-refractivity contribution < 1.29 is 4.74 Å². The molecule has 1 N–H and O–H groups in total. The fraction of sp³-hybridized carbons (Fsp3) is 0.500. The van der Waals surface area contributed by atoms with E-state index >= 15 is 0 Å². The van der Waals surface area contributed by atoms with Gasteiger partial charge in [0.05, 0.1) is 12.3 Å². The van der Waals surface area contributed by atoms with Crippen molar-refractivity contribution in [2.24, 2.45) is 0 Å². The Morgan fingerprint density at radius 2 is 2.20 bits per heavy atom. The van der Waals surface area contributed by atoms with Crippen LogP contribution in [0.4, 0.5) is 11.6 Å². The number of aryl methyl sites for hydroxylation is 1. The Hall–Kier alpha value is -2.25. The molecule has 0 bridgehead atoms. The number of nitrogens with zero attached hydrogens (tertiary/aromatic N) is 5. The van der Waals surface area contributed by atoms with Gasteiger partial charge in [0.1, 0.15) is 23.6 Å². The maximum Gasteiger partial charge on any atom is 0.132 e. The van der Waals surface area contributed by atoms with Crippen LogP contribution >= 0.6 is 0 Å². The predicted octanol–water partition coefficient (Wildman–Crippen LogP) is 1.86. The molecule has 0 aliphatic carbocycles. The molecule has 1 aliphatic rings. The van der Waals surface area contributed by atoms with Gasteiger partial charge in [0, 0.05) is 58.6 Å². The summed E-state index contributed by atoms with van der Waals surface area (Å²) in [5.41, 5.74) is 2.14. The van der Waals surface area contributed by atoms with E-state index in [4.69, 9.17) is 4.74 Å². The fourth-order valence-corrected chi connectivity index (χ4v) is 3.03. The number of anilines is 2. The van der Waals surface area contributed by atoms with E-state index in [-0.39, 0.29) is 6.10 Å². The summed E-state index contributed by atoms with van der Waals surface area (Å²) in [6.07, 6.45) is 1.77. The number of rotatable bonds is 5. The molecule has 0 spiro atoms. The summed E-state index contributed by atoms with van der Waals surface area (Å²) in [4.78, 5) is 17.8. The van der Waals surface area contributed by atoms with E-state index in [2.05, 4.69) is 31.2 Å². The Bertz CT molecular complexity index is 720. The summed E-state index contributed by atoms with van der Waals surface area (Å²) in [5.74, 6) is 2.61. The third-order valence-electron chi connectivity index (χ3n) is 4.30. The van der Waals surface area contributed by atoms with Crippen LogP contribution in [-0.2, 0) is 11.3 Å². The van der Waals surface area contributed by atoms with Gasteiger partial charge >= 0.3 is 0 Å². The van der Waals surface area contributed by atoms with Gasteiger partial charge in [-0.15, -0.1) is 0 Å². The first kappa shape index (κ1) is 17.6. The smallest absolute Gasteiger partial charge is 0.132 e. The lowest BCUT2D eigenvalue weighted by Gasteiger charge is -2.33. The van der Waals surface area contributed by atoms with Gasteiger partial charge in [-0.05, 0) is 13.0 Å². The lowest BCUT2D eigenvalue weighted by Crippen LogP contribution is -2.38. The van der Waals surface area contributed by atoms with Crippen LogP contribution < -0.4 is 10.2 Å². The van der Waals surface area contributed by atoms with Gasteiger partial charge in [0.15, 0.2) is 0 Å². The average Bonchev–Trinajstić information content (AvgIpc) is 2.62. The summed E-state index contributed by atoms with van der Waals surface area (Å²) < 4.78 is 6.00. The van der Waals surface area contributed by atoms with Crippen molar-refractivity contribution in [1.29, 1.82) is 0 Å². The number of ether oxygens (including phenoxy) is 1. The highest BCUT2D eigenvalue weighted by Crippen LogP contribution is 2.25. The SMILES string of the molecule is CNc1ncccc1CN1CCOC(c2cc(N(C)C)nc(C)n2)C1. The maximum absolute atomic E-state index is 6.00. The Morgan fingerprint density at radius 1 is 1.36 bits per heavy atom. The molecule has 0 amide bonds. The van der Waals surface area contributed by atoms with Crippen molar-refractivity contribution in [1.82, 2.24) is 19.9 Å². The van der Waals surface area contributed by atoms with E-state index in [1.807, 2.05) is 51.3 Å². The minimum atomic E-state index is -0.0381. The van der Waals surface area contributed by atoms with Crippen LogP contribution in [0.25, 0.3) is 0 Å². The quantitative estimate of drug-likeness (QED) is 0.889. The standard InChI is InChI=1S/C18H26N6O/c1-13-21-15(10-17(22-13)23(3)4)16-12-24(8-9-25-16)11-14-6-5-7-20-18(14)19-2/h5-7,10,16H,8-9,11-12H2,1-4H3,(H,19,20). The largest absolute Gasteiger partial charge is 0.373 e. The third-order valence-corrected chi connectivity index (χ3v) is 4.30. The first-order valence-electron chi connectivity index (χ1n) is 8.55. The monoisotopic (exact) mass is 342 g/mol. The van der Waals surface area contributed by atoms with Crippen molar-refractivity contribution in [3.63, 3.8) is 0 Å². The molecule has 1 saturated heterocycles. The van der Waals surface area contributed by atoms with Crippen LogP contribution in [-0.4, -0.2) is 60.7 Å². The maximum atomic E-state index is 6.00. The van der Waals surface area contributed by atoms with Crippen LogP contribution in [0.2, 0.25) is 0 Å². The Kier molecular flexibility index (Phi) is 5.45. The molecular formula is C18H26N6O. The van der Waals surface area contributed by atoms with Crippen LogP contribution in [0.5, 0.6) is 0 Å². The van der Waals surface area contributed by atoms with E-state index in [0.29, 0.717) is 6.61 Å². The molecule has 3 heterocycles. The van der Waals surface area contributed by atoms with Gasteiger partial charge < -0.3 is 15.0 Å². The molecule has 134 valence electrons. The minimum Gasteiger partial charge on any atom is -0.373 e. The van der Waals surface area contributed by atoms with Crippen molar-refractivity contribution in [3.05, 3.63) is 41.5 Å². The van der Waals surface area contributed by atoms with Crippen molar-refractivity contribution in [2.75, 3.05) is 51.1 Å². The highest BCUT2D eigenvalue weighted by molar-refractivity contribution is 5.43. The number of nitrogens with one attached hydrogen (secondary N) is 1. The summed E-state index contributed by atoms with van der Waals surface area (Å²) >= 11 is 0. The van der Waals surface area contributed by atoms with E-state index in [9.17, 15) is 0 Å². The Labute approximate surface area is 149 Å². The van der Waals surface area contributed by atoms with Gasteiger partial charge in [0.25, 0.3) is 0 Å². The van der Waals surface area contributed by atoms with Gasteiger partial charge in [-0.3, -0.25) is 4.90 Å². The van der Waals surface area contributed by atoms with Crippen molar-refractivity contribution in [3.8, 4) is 0 Å². The number of hydrogen-bond acceptors (Lipinski definition) is 7. The normalized spacial score (nSPS) is 18.2. The average molecular weight is 342 g/mol. The number of morpholine rings is 1. The first-order chi connectivity index (χ1) is 12.1. The fourth-order valence-electron chi connectivity index (χ4n) is 3.03. The van der Waals surface area contributed by atoms with Crippen LogP contribution in [0.1, 0.15) is 23.2 Å². The molecule has 7 heteroatoms. The second-order valence-corrected chi connectivity index (χ2v) is 6.45. The molecule has 1 unspecified atom stereocenters. The van der Waals surface area contributed by atoms with Crippen LogP contribution in [0.3, 0.4) is 0 Å². The molecule has 0 aromatic carbocycles. The highest BCUT2D eigenvalue weighted by Gasteiger charge is 2.24. The summed E-state index contributed by atoms with van der Waals surface area (Å²) in [5, 5.41) is 3.16. The Morgan fingerprint density at radius 3 is 2.96 bits per heavy atom. The van der Waals surface area contributed by atoms with Crippen molar-refractivity contribution in [2.45, 2.75) is 19.6 Å². The number of pyridine rings is 1. The van der Waals surface area contributed by atoms with Gasteiger partial charge in [-0.25, -0.2) is 15.0 Å². The minimum absolute atomic E-state index is 0.0381. The van der Waals surface area contributed by atoms with Gasteiger partial charge in [-0.1, -0.05) is 6.07 Å². The van der Waals surface area contributed by atoms with E-state index in [1.165, 1.54) is 5.56 Å². The second-order valence-electron chi connectivity index (χ2n) is 6.45. The van der Waals surface area contributed by atoms with Crippen LogP contribution in [0.15, 0.2) is 24.4 Å². The second kappa shape index (κ2) is 7.76. The zero-order chi connectivity index (χ0) is 17.8. The third kappa shape index (κ3) is 4.24. The molecule has 1 aliphatic heterocycles. The predicted molar refractivity (Wildman–Crippen MR) is 98.8 cm³/mol. The molecule has 2 aromatic heterocycles. The van der Waals surface area contributed by atoms with E-state index in [0.717, 1.165) is 42.8 Å². The lowest BCUT2D eigenvalue weighted by atomic mass is 10.1. The van der Waals surface area contributed by atoms with Gasteiger partial charge in [0.2, 0.25) is 0 Å². The van der Waals surface area contributed by atoms with E-state index < -0.39 is 0 Å². The zero-order valence-corrected chi connectivity index (χ0v) is 15.4. The molecule has 2 aromatic rings. The topological polar surface area (TPSA) is 66.4 Å². The van der Waals surface area contributed by atoms with Crippen molar-refractivity contribution >= 4 is 11.6 Å². The summed E-state index contributed by atoms with van der Waals surface area (Å²) in [6, 6.07) is 6.11. The van der Waals surface area contributed by atoms with E-state index in [1.54, 1.807) is 0 Å². The van der Waals surface area contributed by atoms with Gasteiger partial charge in [-0.2, -0.15) is 0 Å². The molecule has 1 fully saturated rings. The summed E-state index contributed by atoms with van der Waals surface area (Å²) in [7, 11) is 5.88. The first-order valence-corrected chi connectivity index (χ1v) is 8.55. The molecule has 7 nitrogen and oxygen atoms in total. The lowest BCUT2D eigenvalue weighted by molar-refractivity contribution is -0.0350. The molecule has 3 rings (SSSR count). The molecular weight excluding hydrogens is 316 g/mol.